The van der Waals surface area contributed by atoms with Crippen molar-refractivity contribution < 1.29 is 18.5 Å². The molecule has 4 heterocycles. The molecule has 2 aliphatic rings. The van der Waals surface area contributed by atoms with Crippen LogP contribution in [-0.4, -0.2) is 41.4 Å². The minimum atomic E-state index is -0.330. The van der Waals surface area contributed by atoms with Crippen LogP contribution in [-0.2, 0) is 11.2 Å². The number of aromatic nitrogens is 1. The summed E-state index contributed by atoms with van der Waals surface area (Å²) >= 11 is 1.50. The molecule has 1 fully saturated rings. The second-order valence-corrected chi connectivity index (χ2v) is 9.17. The van der Waals surface area contributed by atoms with E-state index in [0.29, 0.717) is 23.4 Å². The van der Waals surface area contributed by atoms with Gasteiger partial charge in [-0.15, -0.1) is 11.3 Å². The van der Waals surface area contributed by atoms with E-state index in [1.807, 2.05) is 6.07 Å². The zero-order valence-electron chi connectivity index (χ0n) is 16.4. The topological polar surface area (TPSA) is 75.4 Å². The van der Waals surface area contributed by atoms with Crippen LogP contribution in [0.25, 0.3) is 11.0 Å². The van der Waals surface area contributed by atoms with Crippen molar-refractivity contribution in [3.8, 4) is 0 Å². The number of fused-ring (bicyclic) bond motifs is 2. The highest BCUT2D eigenvalue weighted by Crippen LogP contribution is 2.34. The van der Waals surface area contributed by atoms with Gasteiger partial charge in [-0.2, -0.15) is 0 Å². The minimum Gasteiger partial charge on any atom is -0.356 e. The van der Waals surface area contributed by atoms with E-state index in [-0.39, 0.29) is 23.4 Å². The first kappa shape index (κ1) is 19.4. The van der Waals surface area contributed by atoms with Crippen molar-refractivity contribution in [2.75, 3.05) is 25.0 Å². The van der Waals surface area contributed by atoms with Crippen molar-refractivity contribution in [2.45, 2.75) is 38.0 Å². The number of halogens is 1. The third kappa shape index (κ3) is 3.77. The fourth-order valence-electron chi connectivity index (χ4n) is 4.35. The number of rotatable bonds is 4. The smallest absolute Gasteiger partial charge is 0.224 e. The highest BCUT2D eigenvalue weighted by Gasteiger charge is 2.27. The first-order chi connectivity index (χ1) is 14.6. The second-order valence-electron chi connectivity index (χ2n) is 8.03. The number of hydrogen-bond donors (Lipinski definition) is 1. The van der Waals surface area contributed by atoms with Crippen LogP contribution < -0.4 is 5.32 Å². The molecule has 3 aromatic rings. The summed E-state index contributed by atoms with van der Waals surface area (Å²) in [7, 11) is 0. The fourth-order valence-corrected chi connectivity index (χ4v) is 5.44. The molecule has 5 rings (SSSR count). The van der Waals surface area contributed by atoms with Gasteiger partial charge >= 0.3 is 0 Å². The van der Waals surface area contributed by atoms with Gasteiger partial charge in [-0.1, -0.05) is 5.16 Å². The van der Waals surface area contributed by atoms with E-state index in [1.54, 1.807) is 6.07 Å². The lowest BCUT2D eigenvalue weighted by atomic mass is 9.91. The van der Waals surface area contributed by atoms with Crippen molar-refractivity contribution >= 4 is 39.7 Å². The van der Waals surface area contributed by atoms with E-state index < -0.39 is 0 Å². The van der Waals surface area contributed by atoms with E-state index in [2.05, 4.69) is 15.4 Å². The van der Waals surface area contributed by atoms with Gasteiger partial charge in [-0.05, 0) is 57.0 Å². The Hall–Kier alpha value is -2.58. The van der Waals surface area contributed by atoms with Crippen LogP contribution in [0.4, 0.5) is 10.1 Å². The summed E-state index contributed by atoms with van der Waals surface area (Å²) in [6, 6.07) is 6.36. The number of likely N-dealkylation sites (tertiary alicyclic amines) is 1. The number of ketones is 1. The van der Waals surface area contributed by atoms with E-state index in [0.717, 1.165) is 60.4 Å². The van der Waals surface area contributed by atoms with Gasteiger partial charge in [0, 0.05) is 28.7 Å². The molecule has 0 saturated carbocycles. The SMILES string of the molecule is O=C1CCCc2sc(C(=O)CN3CCC(c4noc5cc(F)ccc45)CC3)cc2N1. The van der Waals surface area contributed by atoms with Crippen molar-refractivity contribution in [1.29, 1.82) is 0 Å². The van der Waals surface area contributed by atoms with E-state index >= 15 is 0 Å². The number of hydrogen-bond acceptors (Lipinski definition) is 6. The van der Waals surface area contributed by atoms with Crippen molar-refractivity contribution in [3.05, 3.63) is 45.5 Å². The number of anilines is 1. The Morgan fingerprint density at radius 3 is 2.93 bits per heavy atom. The number of benzene rings is 1. The average molecular weight is 428 g/mol. The molecule has 6 nitrogen and oxygen atoms in total. The highest BCUT2D eigenvalue weighted by molar-refractivity contribution is 7.14. The number of carbonyl (C=O) groups is 2. The number of carbonyl (C=O) groups excluding carboxylic acids is 2. The first-order valence-corrected chi connectivity index (χ1v) is 11.1. The van der Waals surface area contributed by atoms with Gasteiger partial charge in [0.05, 0.1) is 22.8 Å². The van der Waals surface area contributed by atoms with Crippen molar-refractivity contribution in [2.24, 2.45) is 0 Å². The normalized spacial score (nSPS) is 18.2. The summed E-state index contributed by atoms with van der Waals surface area (Å²) in [4.78, 5) is 28.5. The van der Waals surface area contributed by atoms with Crippen molar-refractivity contribution in [1.82, 2.24) is 10.1 Å². The Balaban J connectivity index is 1.21. The number of thiophene rings is 1. The van der Waals surface area contributed by atoms with Gasteiger partial charge < -0.3 is 9.84 Å². The van der Waals surface area contributed by atoms with Gasteiger partial charge in [0.2, 0.25) is 5.91 Å². The van der Waals surface area contributed by atoms with Gasteiger partial charge in [-0.3, -0.25) is 14.5 Å². The highest BCUT2D eigenvalue weighted by atomic mass is 32.1. The second kappa shape index (κ2) is 7.92. The van der Waals surface area contributed by atoms with Crippen molar-refractivity contribution in [3.63, 3.8) is 0 Å². The lowest BCUT2D eigenvalue weighted by molar-refractivity contribution is -0.116. The summed E-state index contributed by atoms with van der Waals surface area (Å²) in [6.07, 6.45) is 3.96. The molecule has 0 bridgehead atoms. The molecule has 0 unspecified atom stereocenters. The fraction of sp³-hybridized carbons (Fsp3) is 0.409. The molecule has 0 spiro atoms. The molecule has 1 N–H and O–H groups in total. The Morgan fingerprint density at radius 1 is 1.27 bits per heavy atom. The van der Waals surface area contributed by atoms with Crippen LogP contribution in [0, 0.1) is 5.82 Å². The Kier molecular flexibility index (Phi) is 5.12. The molecule has 156 valence electrons. The quantitative estimate of drug-likeness (QED) is 0.626. The Morgan fingerprint density at radius 2 is 2.10 bits per heavy atom. The number of aryl methyl sites for hydroxylation is 1. The molecule has 1 amide bonds. The Labute approximate surface area is 177 Å². The molecule has 0 atom stereocenters. The third-order valence-electron chi connectivity index (χ3n) is 5.97. The molecule has 1 saturated heterocycles. The molecule has 8 heteroatoms. The average Bonchev–Trinajstić information content (AvgIpc) is 3.28. The minimum absolute atomic E-state index is 0.0238. The van der Waals surface area contributed by atoms with Gasteiger partial charge in [-0.25, -0.2) is 4.39 Å². The number of piperidine rings is 1. The molecule has 0 aliphatic carbocycles. The monoisotopic (exact) mass is 427 g/mol. The molecule has 0 radical (unpaired) electrons. The van der Waals surface area contributed by atoms with Crippen LogP contribution in [0.2, 0.25) is 0 Å². The molecular weight excluding hydrogens is 405 g/mol. The Bertz CT molecular complexity index is 1110. The lowest BCUT2D eigenvalue weighted by Gasteiger charge is -2.30. The van der Waals surface area contributed by atoms with Crippen LogP contribution in [0.3, 0.4) is 0 Å². The first-order valence-electron chi connectivity index (χ1n) is 10.3. The zero-order valence-corrected chi connectivity index (χ0v) is 17.3. The van der Waals surface area contributed by atoms with Crippen LogP contribution in [0.1, 0.15) is 51.8 Å². The van der Waals surface area contributed by atoms with E-state index in [4.69, 9.17) is 4.52 Å². The third-order valence-corrected chi connectivity index (χ3v) is 7.20. The largest absolute Gasteiger partial charge is 0.356 e. The van der Waals surface area contributed by atoms with E-state index in [1.165, 1.54) is 23.5 Å². The van der Waals surface area contributed by atoms with Gasteiger partial charge in [0.15, 0.2) is 11.4 Å². The maximum absolute atomic E-state index is 13.4. The molecular formula is C22H22FN3O3S. The van der Waals surface area contributed by atoms with Gasteiger partial charge in [0.25, 0.3) is 0 Å². The summed E-state index contributed by atoms with van der Waals surface area (Å²) in [5.74, 6) is 0.0407. The molecule has 1 aromatic carbocycles. The van der Waals surface area contributed by atoms with Gasteiger partial charge in [0.1, 0.15) is 5.82 Å². The molecule has 2 aromatic heterocycles. The standard InChI is InChI=1S/C22H22FN3O3S/c23-14-4-5-15-18(10-14)29-25-22(15)13-6-8-26(9-7-13)12-17(27)20-11-16-19(30-20)2-1-3-21(28)24-16/h4-5,10-11,13H,1-3,6-9,12H2,(H,24,28). The van der Waals surface area contributed by atoms with Crippen LogP contribution in [0.15, 0.2) is 28.8 Å². The zero-order chi connectivity index (χ0) is 20.7. The predicted octanol–water partition coefficient (Wildman–Crippen LogP) is 4.37. The number of nitrogens with one attached hydrogen (secondary N) is 1. The maximum Gasteiger partial charge on any atom is 0.224 e. The van der Waals surface area contributed by atoms with E-state index in [9.17, 15) is 14.0 Å². The molecule has 30 heavy (non-hydrogen) atoms. The number of nitrogens with zero attached hydrogens (tertiary/aromatic N) is 2. The summed E-state index contributed by atoms with van der Waals surface area (Å²) in [6.45, 7) is 1.98. The summed E-state index contributed by atoms with van der Waals surface area (Å²) < 4.78 is 18.7. The summed E-state index contributed by atoms with van der Waals surface area (Å²) in [5.41, 5.74) is 2.17. The van der Waals surface area contributed by atoms with Crippen LogP contribution >= 0.6 is 11.3 Å². The van der Waals surface area contributed by atoms with Crippen LogP contribution in [0.5, 0.6) is 0 Å². The molecule has 2 aliphatic heterocycles. The number of amides is 1. The lowest BCUT2D eigenvalue weighted by Crippen LogP contribution is -2.36. The maximum atomic E-state index is 13.4. The summed E-state index contributed by atoms with van der Waals surface area (Å²) in [5, 5.41) is 7.96. The number of Topliss-reactive ketones (excluding diaryl/α,β-unsaturated/α-hetero) is 1. The predicted molar refractivity (Wildman–Crippen MR) is 113 cm³/mol.